The van der Waals surface area contributed by atoms with Gasteiger partial charge in [0.1, 0.15) is 17.3 Å². The molecule has 3 rings (SSSR count). The van der Waals surface area contributed by atoms with E-state index in [1.54, 1.807) is 0 Å². The standard InChI is InChI=1S/C18H25N3/c1-11-6-9-14(12(2)10-11)15-16(19)21(13-7-8-13)17(20-15)18(3,4)5/h6,9-10,13H,7-8,19H2,1-5H3. The van der Waals surface area contributed by atoms with Gasteiger partial charge in [0.25, 0.3) is 0 Å². The monoisotopic (exact) mass is 283 g/mol. The molecular weight excluding hydrogens is 258 g/mol. The number of hydrogen-bond donors (Lipinski definition) is 1. The molecule has 0 radical (unpaired) electrons. The van der Waals surface area contributed by atoms with Gasteiger partial charge in [-0.15, -0.1) is 0 Å². The molecule has 21 heavy (non-hydrogen) atoms. The zero-order chi connectivity index (χ0) is 15.4. The molecule has 1 aliphatic rings. The highest BCUT2D eigenvalue weighted by Crippen LogP contribution is 2.43. The van der Waals surface area contributed by atoms with Crippen molar-refractivity contribution in [3.8, 4) is 11.3 Å². The van der Waals surface area contributed by atoms with Crippen molar-refractivity contribution >= 4 is 5.82 Å². The fraction of sp³-hybridized carbons (Fsp3) is 0.500. The molecule has 0 saturated heterocycles. The predicted octanol–water partition coefficient (Wildman–Crippen LogP) is 4.38. The Morgan fingerprint density at radius 3 is 2.38 bits per heavy atom. The summed E-state index contributed by atoms with van der Waals surface area (Å²) in [5, 5.41) is 0. The van der Waals surface area contributed by atoms with E-state index in [0.717, 1.165) is 22.9 Å². The van der Waals surface area contributed by atoms with Crippen LogP contribution in [0.15, 0.2) is 18.2 Å². The molecule has 0 spiro atoms. The molecule has 1 aromatic heterocycles. The lowest BCUT2D eigenvalue weighted by Gasteiger charge is -2.20. The molecule has 0 bridgehead atoms. The number of aryl methyl sites for hydroxylation is 2. The smallest absolute Gasteiger partial charge is 0.132 e. The summed E-state index contributed by atoms with van der Waals surface area (Å²) in [6.45, 7) is 10.9. The Hall–Kier alpha value is -1.77. The molecule has 1 aromatic carbocycles. The molecule has 3 heteroatoms. The van der Waals surface area contributed by atoms with Crippen LogP contribution < -0.4 is 5.73 Å². The Labute approximate surface area is 127 Å². The first-order valence-corrected chi connectivity index (χ1v) is 7.75. The van der Waals surface area contributed by atoms with Gasteiger partial charge >= 0.3 is 0 Å². The maximum Gasteiger partial charge on any atom is 0.132 e. The van der Waals surface area contributed by atoms with Crippen molar-refractivity contribution in [1.82, 2.24) is 9.55 Å². The highest BCUT2D eigenvalue weighted by atomic mass is 15.2. The van der Waals surface area contributed by atoms with E-state index in [1.165, 1.54) is 24.0 Å². The van der Waals surface area contributed by atoms with Crippen LogP contribution in [0.4, 0.5) is 5.82 Å². The third kappa shape index (κ3) is 2.45. The molecule has 2 N–H and O–H groups in total. The van der Waals surface area contributed by atoms with E-state index in [1.807, 2.05) is 0 Å². The maximum absolute atomic E-state index is 6.48. The van der Waals surface area contributed by atoms with Gasteiger partial charge in [-0.3, -0.25) is 0 Å². The van der Waals surface area contributed by atoms with Crippen molar-refractivity contribution in [2.45, 2.75) is 58.9 Å². The number of nitrogen functional groups attached to an aromatic ring is 1. The molecule has 2 aromatic rings. The second-order valence-corrected chi connectivity index (χ2v) is 7.34. The lowest BCUT2D eigenvalue weighted by Crippen LogP contribution is -2.19. The van der Waals surface area contributed by atoms with E-state index < -0.39 is 0 Å². The third-order valence-electron chi connectivity index (χ3n) is 4.17. The Morgan fingerprint density at radius 1 is 1.19 bits per heavy atom. The number of nitrogens with two attached hydrogens (primary N) is 1. The topological polar surface area (TPSA) is 43.8 Å². The van der Waals surface area contributed by atoms with Crippen molar-refractivity contribution in [2.75, 3.05) is 5.73 Å². The Kier molecular flexibility index (Phi) is 3.12. The molecule has 0 amide bonds. The molecule has 0 atom stereocenters. The van der Waals surface area contributed by atoms with E-state index in [9.17, 15) is 0 Å². The summed E-state index contributed by atoms with van der Waals surface area (Å²) in [7, 11) is 0. The molecular formula is C18H25N3. The minimum atomic E-state index is 0.00750. The lowest BCUT2D eigenvalue weighted by atomic mass is 9.95. The van der Waals surface area contributed by atoms with Gasteiger partial charge in [0.05, 0.1) is 0 Å². The highest BCUT2D eigenvalue weighted by Gasteiger charge is 2.34. The van der Waals surface area contributed by atoms with Gasteiger partial charge in [-0.05, 0) is 32.3 Å². The maximum atomic E-state index is 6.48. The summed E-state index contributed by atoms with van der Waals surface area (Å²) >= 11 is 0. The first-order chi connectivity index (χ1) is 9.79. The summed E-state index contributed by atoms with van der Waals surface area (Å²) < 4.78 is 2.27. The van der Waals surface area contributed by atoms with Gasteiger partial charge in [0.2, 0.25) is 0 Å². The minimum absolute atomic E-state index is 0.00750. The average molecular weight is 283 g/mol. The van der Waals surface area contributed by atoms with Crippen molar-refractivity contribution < 1.29 is 0 Å². The van der Waals surface area contributed by atoms with Crippen LogP contribution in [-0.2, 0) is 5.41 Å². The van der Waals surface area contributed by atoms with Gasteiger partial charge in [-0.1, -0.05) is 44.5 Å². The SMILES string of the molecule is Cc1ccc(-c2nc(C(C)(C)C)n(C3CC3)c2N)c(C)c1. The normalized spacial score (nSPS) is 15.5. The highest BCUT2D eigenvalue weighted by molar-refractivity contribution is 5.74. The first kappa shape index (κ1) is 14.2. The molecule has 0 unspecified atom stereocenters. The summed E-state index contributed by atoms with van der Waals surface area (Å²) in [6.07, 6.45) is 2.44. The third-order valence-corrected chi connectivity index (χ3v) is 4.17. The molecule has 112 valence electrons. The van der Waals surface area contributed by atoms with Crippen molar-refractivity contribution in [3.05, 3.63) is 35.2 Å². The lowest BCUT2D eigenvalue weighted by molar-refractivity contribution is 0.504. The van der Waals surface area contributed by atoms with Crippen LogP contribution in [0.25, 0.3) is 11.3 Å². The fourth-order valence-corrected chi connectivity index (χ4v) is 2.95. The fourth-order valence-electron chi connectivity index (χ4n) is 2.95. The van der Waals surface area contributed by atoms with E-state index >= 15 is 0 Å². The summed E-state index contributed by atoms with van der Waals surface area (Å²) in [6, 6.07) is 7.02. The van der Waals surface area contributed by atoms with Crippen LogP contribution in [0.2, 0.25) is 0 Å². The number of imidazole rings is 1. The second-order valence-electron chi connectivity index (χ2n) is 7.34. The van der Waals surface area contributed by atoms with Crippen LogP contribution in [0.5, 0.6) is 0 Å². The molecule has 1 fully saturated rings. The Morgan fingerprint density at radius 2 is 1.86 bits per heavy atom. The largest absolute Gasteiger partial charge is 0.383 e. The number of hydrogen-bond acceptors (Lipinski definition) is 2. The van der Waals surface area contributed by atoms with Crippen LogP contribution >= 0.6 is 0 Å². The second kappa shape index (κ2) is 4.62. The quantitative estimate of drug-likeness (QED) is 0.888. The van der Waals surface area contributed by atoms with E-state index in [2.05, 4.69) is 57.4 Å². The Balaban J connectivity index is 2.20. The number of benzene rings is 1. The van der Waals surface area contributed by atoms with Crippen LogP contribution in [0.1, 0.15) is 56.6 Å². The minimum Gasteiger partial charge on any atom is -0.383 e. The van der Waals surface area contributed by atoms with E-state index in [0.29, 0.717) is 6.04 Å². The zero-order valence-electron chi connectivity index (χ0n) is 13.7. The van der Waals surface area contributed by atoms with Gasteiger partial charge < -0.3 is 10.3 Å². The molecule has 3 nitrogen and oxygen atoms in total. The average Bonchev–Trinajstić information content (AvgIpc) is 3.13. The zero-order valence-corrected chi connectivity index (χ0v) is 13.7. The molecule has 0 aliphatic heterocycles. The number of nitrogens with zero attached hydrogens (tertiary/aromatic N) is 2. The number of rotatable bonds is 2. The first-order valence-electron chi connectivity index (χ1n) is 7.75. The van der Waals surface area contributed by atoms with Crippen molar-refractivity contribution in [2.24, 2.45) is 0 Å². The van der Waals surface area contributed by atoms with E-state index in [4.69, 9.17) is 10.7 Å². The van der Waals surface area contributed by atoms with Crippen molar-refractivity contribution in [3.63, 3.8) is 0 Å². The van der Waals surface area contributed by atoms with Crippen LogP contribution in [0.3, 0.4) is 0 Å². The predicted molar refractivity (Wildman–Crippen MR) is 88.5 cm³/mol. The van der Waals surface area contributed by atoms with Gasteiger partial charge in [0.15, 0.2) is 0 Å². The summed E-state index contributed by atoms with van der Waals surface area (Å²) in [5.41, 5.74) is 11.1. The van der Waals surface area contributed by atoms with Gasteiger partial charge in [-0.2, -0.15) is 0 Å². The van der Waals surface area contributed by atoms with Crippen LogP contribution in [0, 0.1) is 13.8 Å². The summed E-state index contributed by atoms with van der Waals surface area (Å²) in [4.78, 5) is 4.94. The van der Waals surface area contributed by atoms with Gasteiger partial charge in [-0.25, -0.2) is 4.98 Å². The summed E-state index contributed by atoms with van der Waals surface area (Å²) in [5.74, 6) is 1.94. The van der Waals surface area contributed by atoms with Gasteiger partial charge in [0, 0.05) is 17.0 Å². The molecule has 1 saturated carbocycles. The molecule has 1 heterocycles. The molecule has 1 aliphatic carbocycles. The number of anilines is 1. The van der Waals surface area contributed by atoms with Crippen molar-refractivity contribution in [1.29, 1.82) is 0 Å². The number of aromatic nitrogens is 2. The van der Waals surface area contributed by atoms with E-state index in [-0.39, 0.29) is 5.41 Å². The van der Waals surface area contributed by atoms with Crippen LogP contribution in [-0.4, -0.2) is 9.55 Å². The Bertz CT molecular complexity index is 685.